The average molecular weight is 390 g/mol. The van der Waals surface area contributed by atoms with Crippen molar-refractivity contribution >= 4 is 11.5 Å². The van der Waals surface area contributed by atoms with Crippen LogP contribution in [0.2, 0.25) is 0 Å². The molecule has 6 heteroatoms. The summed E-state index contributed by atoms with van der Waals surface area (Å²) in [6.07, 6.45) is 6.81. The fourth-order valence-corrected chi connectivity index (χ4v) is 3.40. The van der Waals surface area contributed by atoms with Gasteiger partial charge in [0.25, 0.3) is 0 Å². The molecule has 0 atom stereocenters. The molecule has 0 saturated heterocycles. The van der Waals surface area contributed by atoms with Crippen LogP contribution in [-0.2, 0) is 11.3 Å². The second-order valence-electron chi connectivity index (χ2n) is 7.13. The standard InChI is InChI=1S/C23H23FN4O/c24-21-6-8-22(9-7-21)28-16-20(15-26-28)19-10-12-27(13-11-19)17-23(29)25-14-18-4-2-1-3-5-18/h1-10,15-16H,11-14,17H2,(H,25,29). The maximum atomic E-state index is 13.1. The second kappa shape index (κ2) is 8.84. The van der Waals surface area contributed by atoms with E-state index in [-0.39, 0.29) is 11.7 Å². The van der Waals surface area contributed by atoms with E-state index in [2.05, 4.69) is 21.4 Å². The SMILES string of the molecule is O=C(CN1CC=C(c2cnn(-c3ccc(F)cc3)c2)CC1)NCc1ccccc1. The van der Waals surface area contributed by atoms with E-state index < -0.39 is 0 Å². The molecule has 0 aliphatic carbocycles. The molecule has 148 valence electrons. The number of carbonyl (C=O) groups is 1. The molecule has 5 nitrogen and oxygen atoms in total. The van der Waals surface area contributed by atoms with Crippen LogP contribution in [0.3, 0.4) is 0 Å². The number of nitrogens with one attached hydrogen (secondary N) is 1. The minimum Gasteiger partial charge on any atom is -0.351 e. The summed E-state index contributed by atoms with van der Waals surface area (Å²) in [4.78, 5) is 14.3. The van der Waals surface area contributed by atoms with Crippen molar-refractivity contribution in [1.82, 2.24) is 20.0 Å². The summed E-state index contributed by atoms with van der Waals surface area (Å²) in [5, 5.41) is 7.36. The van der Waals surface area contributed by atoms with Crippen LogP contribution in [-0.4, -0.2) is 40.2 Å². The van der Waals surface area contributed by atoms with Crippen LogP contribution in [0.25, 0.3) is 11.3 Å². The number of hydrogen-bond acceptors (Lipinski definition) is 3. The van der Waals surface area contributed by atoms with Crippen molar-refractivity contribution in [2.45, 2.75) is 13.0 Å². The van der Waals surface area contributed by atoms with E-state index in [1.165, 1.54) is 17.7 Å². The van der Waals surface area contributed by atoms with E-state index in [1.54, 1.807) is 16.8 Å². The zero-order valence-electron chi connectivity index (χ0n) is 16.1. The lowest BCUT2D eigenvalue weighted by Gasteiger charge is -2.25. The minimum atomic E-state index is -0.260. The van der Waals surface area contributed by atoms with Crippen molar-refractivity contribution in [2.75, 3.05) is 19.6 Å². The molecule has 1 aromatic heterocycles. The summed E-state index contributed by atoms with van der Waals surface area (Å²) in [7, 11) is 0. The molecule has 3 aromatic rings. The molecule has 0 unspecified atom stereocenters. The van der Waals surface area contributed by atoms with Gasteiger partial charge in [-0.15, -0.1) is 0 Å². The van der Waals surface area contributed by atoms with Gasteiger partial charge in [0.2, 0.25) is 5.91 Å². The Labute approximate surface area is 169 Å². The monoisotopic (exact) mass is 390 g/mol. The van der Waals surface area contributed by atoms with Crippen LogP contribution in [0, 0.1) is 5.82 Å². The predicted molar refractivity (Wildman–Crippen MR) is 111 cm³/mol. The van der Waals surface area contributed by atoms with E-state index in [0.29, 0.717) is 13.1 Å². The third-order valence-electron chi connectivity index (χ3n) is 5.04. The number of nitrogens with zero attached hydrogens (tertiary/aromatic N) is 3. The van der Waals surface area contributed by atoms with Crippen molar-refractivity contribution < 1.29 is 9.18 Å². The second-order valence-corrected chi connectivity index (χ2v) is 7.13. The predicted octanol–water partition coefficient (Wildman–Crippen LogP) is 3.42. The molecule has 1 aliphatic rings. The van der Waals surface area contributed by atoms with Crippen LogP contribution >= 0.6 is 0 Å². The third-order valence-corrected chi connectivity index (χ3v) is 5.04. The maximum Gasteiger partial charge on any atom is 0.234 e. The summed E-state index contributed by atoms with van der Waals surface area (Å²) in [5.74, 6) is -0.223. The van der Waals surface area contributed by atoms with Gasteiger partial charge < -0.3 is 5.32 Å². The van der Waals surface area contributed by atoms with Gasteiger partial charge in [0.15, 0.2) is 0 Å². The third kappa shape index (κ3) is 4.97. The normalized spacial score (nSPS) is 14.4. The smallest absolute Gasteiger partial charge is 0.234 e. The zero-order valence-corrected chi connectivity index (χ0v) is 16.1. The zero-order chi connectivity index (χ0) is 20.1. The maximum absolute atomic E-state index is 13.1. The Kier molecular flexibility index (Phi) is 5.81. The first kappa shape index (κ1) is 19.1. The van der Waals surface area contributed by atoms with Crippen molar-refractivity contribution in [3.05, 3.63) is 90.0 Å². The fourth-order valence-electron chi connectivity index (χ4n) is 3.40. The first-order valence-corrected chi connectivity index (χ1v) is 9.70. The highest BCUT2D eigenvalue weighted by Gasteiger charge is 2.16. The lowest BCUT2D eigenvalue weighted by atomic mass is 10.0. The van der Waals surface area contributed by atoms with E-state index in [4.69, 9.17) is 0 Å². The molecule has 0 bridgehead atoms. The van der Waals surface area contributed by atoms with E-state index in [9.17, 15) is 9.18 Å². The molecule has 0 fully saturated rings. The Morgan fingerprint density at radius 1 is 1.10 bits per heavy atom. The molecule has 0 radical (unpaired) electrons. The number of rotatable bonds is 6. The molecule has 2 aromatic carbocycles. The lowest BCUT2D eigenvalue weighted by Crippen LogP contribution is -2.39. The highest BCUT2D eigenvalue weighted by atomic mass is 19.1. The molecule has 2 heterocycles. The van der Waals surface area contributed by atoms with Crippen molar-refractivity contribution in [2.24, 2.45) is 0 Å². The molecule has 0 spiro atoms. The summed E-state index contributed by atoms with van der Waals surface area (Å²) in [6, 6.07) is 16.2. The Bertz CT molecular complexity index is 995. The van der Waals surface area contributed by atoms with E-state index in [1.807, 2.05) is 42.7 Å². The largest absolute Gasteiger partial charge is 0.351 e. The molecule has 0 saturated carbocycles. The number of carbonyl (C=O) groups excluding carboxylic acids is 1. The highest BCUT2D eigenvalue weighted by Crippen LogP contribution is 2.22. The van der Waals surface area contributed by atoms with Crippen molar-refractivity contribution in [3.8, 4) is 5.69 Å². The summed E-state index contributed by atoms with van der Waals surface area (Å²) < 4.78 is 14.8. The number of halogens is 1. The molecule has 1 N–H and O–H groups in total. The summed E-state index contributed by atoms with van der Waals surface area (Å²) in [5.41, 5.74) is 4.20. The number of amides is 1. The molecule has 4 rings (SSSR count). The minimum absolute atomic E-state index is 0.0369. The summed E-state index contributed by atoms with van der Waals surface area (Å²) in [6.45, 7) is 2.50. The molecule has 29 heavy (non-hydrogen) atoms. The van der Waals surface area contributed by atoms with Gasteiger partial charge in [0, 0.05) is 31.4 Å². The Balaban J connectivity index is 1.30. The summed E-state index contributed by atoms with van der Waals surface area (Å²) >= 11 is 0. The highest BCUT2D eigenvalue weighted by molar-refractivity contribution is 5.78. The van der Waals surface area contributed by atoms with Crippen LogP contribution in [0.4, 0.5) is 4.39 Å². The molecular formula is C23H23FN4O. The Hall–Kier alpha value is -3.25. The van der Waals surface area contributed by atoms with Gasteiger partial charge in [-0.05, 0) is 41.8 Å². The fraction of sp³-hybridized carbons (Fsp3) is 0.217. The van der Waals surface area contributed by atoms with Crippen LogP contribution < -0.4 is 5.32 Å². The van der Waals surface area contributed by atoms with Gasteiger partial charge in [-0.2, -0.15) is 5.10 Å². The molecule has 1 amide bonds. The van der Waals surface area contributed by atoms with Gasteiger partial charge in [-0.1, -0.05) is 36.4 Å². The quantitative estimate of drug-likeness (QED) is 0.702. The molecular weight excluding hydrogens is 367 g/mol. The van der Waals surface area contributed by atoms with Crippen LogP contribution in [0.15, 0.2) is 73.1 Å². The van der Waals surface area contributed by atoms with Gasteiger partial charge in [-0.3, -0.25) is 9.69 Å². The Morgan fingerprint density at radius 2 is 1.90 bits per heavy atom. The first-order chi connectivity index (χ1) is 14.2. The Morgan fingerprint density at radius 3 is 2.62 bits per heavy atom. The number of hydrogen-bond donors (Lipinski definition) is 1. The van der Waals surface area contributed by atoms with Crippen LogP contribution in [0.1, 0.15) is 17.5 Å². The van der Waals surface area contributed by atoms with Crippen molar-refractivity contribution in [1.29, 1.82) is 0 Å². The van der Waals surface area contributed by atoms with Crippen molar-refractivity contribution in [3.63, 3.8) is 0 Å². The van der Waals surface area contributed by atoms with Gasteiger partial charge in [-0.25, -0.2) is 9.07 Å². The number of aromatic nitrogens is 2. The van der Waals surface area contributed by atoms with Crippen LogP contribution in [0.5, 0.6) is 0 Å². The van der Waals surface area contributed by atoms with E-state index in [0.717, 1.165) is 36.3 Å². The van der Waals surface area contributed by atoms with E-state index >= 15 is 0 Å². The van der Waals surface area contributed by atoms with Gasteiger partial charge in [0.05, 0.1) is 18.4 Å². The topological polar surface area (TPSA) is 50.2 Å². The van der Waals surface area contributed by atoms with Gasteiger partial charge >= 0.3 is 0 Å². The average Bonchev–Trinajstić information content (AvgIpc) is 3.24. The first-order valence-electron chi connectivity index (χ1n) is 9.70. The number of benzene rings is 2. The van der Waals surface area contributed by atoms with Gasteiger partial charge in [0.1, 0.15) is 5.82 Å². The molecule has 1 aliphatic heterocycles. The lowest BCUT2D eigenvalue weighted by molar-refractivity contribution is -0.122.